The number of benzene rings is 1. The van der Waals surface area contributed by atoms with Gasteiger partial charge >= 0.3 is 0 Å². The van der Waals surface area contributed by atoms with Gasteiger partial charge < -0.3 is 15.9 Å². The Bertz CT molecular complexity index is 495. The summed E-state index contributed by atoms with van der Waals surface area (Å²) in [7, 11) is 0. The van der Waals surface area contributed by atoms with Gasteiger partial charge in [0.05, 0.1) is 6.10 Å². The predicted molar refractivity (Wildman–Crippen MR) is 80.0 cm³/mol. The average molecular weight is 273 g/mol. The van der Waals surface area contributed by atoms with Crippen molar-refractivity contribution in [1.29, 1.82) is 0 Å². The monoisotopic (exact) mass is 273 g/mol. The summed E-state index contributed by atoms with van der Waals surface area (Å²) in [6, 6.07) is 7.53. The van der Waals surface area contributed by atoms with Crippen LogP contribution in [0.3, 0.4) is 0 Å². The molecule has 0 aliphatic heterocycles. The van der Waals surface area contributed by atoms with Crippen molar-refractivity contribution in [2.75, 3.05) is 6.54 Å². The standard InChI is InChI=1S/C17H23NO2/c18-12-8-16(19)15-6-4-5-14(13-15)7-11-17(20)9-2-1-3-10-17/h4-6,13,16,19-20H,1-3,8-10,12,18H2. The molecular formula is C17H23NO2. The molecule has 1 aromatic rings. The van der Waals surface area contributed by atoms with Gasteiger partial charge in [0.2, 0.25) is 0 Å². The molecule has 2 rings (SSSR count). The second-order valence-electron chi connectivity index (χ2n) is 5.56. The maximum Gasteiger partial charge on any atom is 0.125 e. The second-order valence-corrected chi connectivity index (χ2v) is 5.56. The lowest BCUT2D eigenvalue weighted by Gasteiger charge is -2.26. The summed E-state index contributed by atoms with van der Waals surface area (Å²) in [5, 5.41) is 20.3. The number of nitrogens with two attached hydrogens (primary N) is 1. The minimum absolute atomic E-state index is 0.455. The molecule has 1 fully saturated rings. The number of hydrogen-bond acceptors (Lipinski definition) is 3. The summed E-state index contributed by atoms with van der Waals surface area (Å²) in [4.78, 5) is 0. The Kier molecular flexibility index (Phi) is 5.19. The molecule has 4 N–H and O–H groups in total. The van der Waals surface area contributed by atoms with Crippen LogP contribution in [0.2, 0.25) is 0 Å². The van der Waals surface area contributed by atoms with Crippen LogP contribution in [-0.2, 0) is 0 Å². The van der Waals surface area contributed by atoms with E-state index in [0.29, 0.717) is 13.0 Å². The first kappa shape index (κ1) is 15.1. The van der Waals surface area contributed by atoms with Gasteiger partial charge in [-0.3, -0.25) is 0 Å². The van der Waals surface area contributed by atoms with Crippen molar-refractivity contribution in [3.63, 3.8) is 0 Å². The Hall–Kier alpha value is -1.34. The van der Waals surface area contributed by atoms with Crippen LogP contribution in [0.5, 0.6) is 0 Å². The van der Waals surface area contributed by atoms with Gasteiger partial charge in [0, 0.05) is 5.56 Å². The van der Waals surface area contributed by atoms with Crippen molar-refractivity contribution in [1.82, 2.24) is 0 Å². The van der Waals surface area contributed by atoms with E-state index in [9.17, 15) is 10.2 Å². The minimum atomic E-state index is -0.829. The van der Waals surface area contributed by atoms with Crippen LogP contribution in [0, 0.1) is 11.8 Å². The molecule has 0 heterocycles. The van der Waals surface area contributed by atoms with Crippen LogP contribution in [0.15, 0.2) is 24.3 Å². The number of rotatable bonds is 3. The first-order valence-electron chi connectivity index (χ1n) is 7.37. The first-order chi connectivity index (χ1) is 9.63. The first-order valence-corrected chi connectivity index (χ1v) is 7.37. The fourth-order valence-electron chi connectivity index (χ4n) is 2.60. The van der Waals surface area contributed by atoms with Crippen LogP contribution in [0.1, 0.15) is 55.8 Å². The summed E-state index contributed by atoms with van der Waals surface area (Å²) >= 11 is 0. The number of aliphatic hydroxyl groups excluding tert-OH is 1. The summed E-state index contributed by atoms with van der Waals surface area (Å²) in [6.07, 6.45) is 4.79. The molecule has 3 heteroatoms. The SMILES string of the molecule is NCCC(O)c1cccc(C#CC2(O)CCCCC2)c1. The van der Waals surface area contributed by atoms with E-state index in [4.69, 9.17) is 5.73 Å². The summed E-state index contributed by atoms with van der Waals surface area (Å²) in [5.41, 5.74) is 6.29. The van der Waals surface area contributed by atoms with Gasteiger partial charge in [0.1, 0.15) is 5.60 Å². The third-order valence-corrected chi connectivity index (χ3v) is 3.83. The van der Waals surface area contributed by atoms with Crippen molar-refractivity contribution in [3.8, 4) is 11.8 Å². The van der Waals surface area contributed by atoms with Gasteiger partial charge in [-0.2, -0.15) is 0 Å². The van der Waals surface area contributed by atoms with Crippen molar-refractivity contribution in [2.24, 2.45) is 5.73 Å². The smallest absolute Gasteiger partial charge is 0.125 e. The van der Waals surface area contributed by atoms with Crippen molar-refractivity contribution in [2.45, 2.75) is 50.2 Å². The normalized spacial score (nSPS) is 18.9. The largest absolute Gasteiger partial charge is 0.388 e. The van der Waals surface area contributed by atoms with Crippen molar-refractivity contribution >= 4 is 0 Å². The highest BCUT2D eigenvalue weighted by Crippen LogP contribution is 2.27. The van der Waals surface area contributed by atoms with E-state index in [0.717, 1.165) is 36.8 Å². The van der Waals surface area contributed by atoms with E-state index in [1.165, 1.54) is 6.42 Å². The van der Waals surface area contributed by atoms with Gasteiger partial charge in [0.15, 0.2) is 0 Å². The highest BCUT2D eigenvalue weighted by atomic mass is 16.3. The lowest BCUT2D eigenvalue weighted by Crippen LogP contribution is -2.29. The molecule has 0 saturated heterocycles. The quantitative estimate of drug-likeness (QED) is 0.739. The maximum absolute atomic E-state index is 10.4. The molecule has 20 heavy (non-hydrogen) atoms. The van der Waals surface area contributed by atoms with E-state index >= 15 is 0 Å². The highest BCUT2D eigenvalue weighted by molar-refractivity contribution is 5.39. The Morgan fingerprint density at radius 2 is 2.00 bits per heavy atom. The van der Waals surface area contributed by atoms with Crippen molar-refractivity contribution < 1.29 is 10.2 Å². The Balaban J connectivity index is 2.12. The molecule has 1 aromatic carbocycles. The van der Waals surface area contributed by atoms with Crippen LogP contribution in [0.25, 0.3) is 0 Å². The molecule has 1 aliphatic rings. The molecule has 1 atom stereocenters. The van der Waals surface area contributed by atoms with Gasteiger partial charge in [-0.05, 0) is 56.3 Å². The van der Waals surface area contributed by atoms with E-state index in [1.54, 1.807) is 0 Å². The zero-order chi connectivity index (χ0) is 14.4. The molecule has 0 radical (unpaired) electrons. The molecule has 0 aromatic heterocycles. The third-order valence-electron chi connectivity index (χ3n) is 3.83. The second kappa shape index (κ2) is 6.90. The topological polar surface area (TPSA) is 66.5 Å². The van der Waals surface area contributed by atoms with Gasteiger partial charge in [-0.1, -0.05) is 30.4 Å². The predicted octanol–water partition coefficient (Wildman–Crippen LogP) is 2.12. The lowest BCUT2D eigenvalue weighted by molar-refractivity contribution is 0.0610. The Labute approximate surface area is 120 Å². The highest BCUT2D eigenvalue weighted by Gasteiger charge is 2.26. The van der Waals surface area contributed by atoms with E-state index in [2.05, 4.69) is 11.8 Å². The Morgan fingerprint density at radius 3 is 2.70 bits per heavy atom. The van der Waals surface area contributed by atoms with Crippen LogP contribution < -0.4 is 5.73 Å². The molecule has 1 aliphatic carbocycles. The van der Waals surface area contributed by atoms with Crippen LogP contribution in [0.4, 0.5) is 0 Å². The van der Waals surface area contributed by atoms with Crippen LogP contribution in [-0.4, -0.2) is 22.4 Å². The molecule has 0 bridgehead atoms. The summed E-state index contributed by atoms with van der Waals surface area (Å²) in [6.45, 7) is 0.455. The minimum Gasteiger partial charge on any atom is -0.388 e. The van der Waals surface area contributed by atoms with E-state index in [1.807, 2.05) is 24.3 Å². The molecule has 0 spiro atoms. The maximum atomic E-state index is 10.4. The fraction of sp³-hybridized carbons (Fsp3) is 0.529. The molecule has 1 saturated carbocycles. The van der Waals surface area contributed by atoms with Gasteiger partial charge in [0.25, 0.3) is 0 Å². The molecule has 1 unspecified atom stereocenters. The summed E-state index contributed by atoms with van der Waals surface area (Å²) in [5.74, 6) is 6.06. The zero-order valence-corrected chi connectivity index (χ0v) is 11.8. The van der Waals surface area contributed by atoms with Crippen LogP contribution >= 0.6 is 0 Å². The fourth-order valence-corrected chi connectivity index (χ4v) is 2.60. The Morgan fingerprint density at radius 1 is 1.25 bits per heavy atom. The number of aliphatic hydroxyl groups is 2. The lowest BCUT2D eigenvalue weighted by atomic mass is 9.85. The third kappa shape index (κ3) is 4.08. The number of hydrogen-bond donors (Lipinski definition) is 3. The van der Waals surface area contributed by atoms with E-state index < -0.39 is 11.7 Å². The average Bonchev–Trinajstić information content (AvgIpc) is 2.47. The van der Waals surface area contributed by atoms with Gasteiger partial charge in [-0.25, -0.2) is 0 Å². The molecule has 0 amide bonds. The van der Waals surface area contributed by atoms with E-state index in [-0.39, 0.29) is 0 Å². The molecule has 3 nitrogen and oxygen atoms in total. The van der Waals surface area contributed by atoms with Crippen molar-refractivity contribution in [3.05, 3.63) is 35.4 Å². The van der Waals surface area contributed by atoms with Gasteiger partial charge in [-0.15, -0.1) is 0 Å². The zero-order valence-electron chi connectivity index (χ0n) is 11.8. The summed E-state index contributed by atoms with van der Waals surface area (Å²) < 4.78 is 0. The molecule has 108 valence electrons. The molecular weight excluding hydrogens is 250 g/mol.